The van der Waals surface area contributed by atoms with Crippen LogP contribution in [0.2, 0.25) is 0 Å². The summed E-state index contributed by atoms with van der Waals surface area (Å²) in [5, 5.41) is 59.4. The number of rotatable bonds is 31. The molecule has 2 aromatic carbocycles. The van der Waals surface area contributed by atoms with E-state index in [-0.39, 0.29) is 88.9 Å². The minimum Gasteiger partial charge on any atom is -0.482 e. The minimum absolute atomic E-state index is 0.0150. The van der Waals surface area contributed by atoms with Gasteiger partial charge >= 0.3 is 23.9 Å². The van der Waals surface area contributed by atoms with Crippen molar-refractivity contribution in [2.24, 2.45) is 35.5 Å². The molecule has 4 aliphatic carbocycles. The highest BCUT2D eigenvalue weighted by molar-refractivity contribution is 5.71. The molecular formula is C55H82O16. The first-order valence-electron chi connectivity index (χ1n) is 26.4. The second-order valence-electron chi connectivity index (χ2n) is 20.1. The van der Waals surface area contributed by atoms with Crippen LogP contribution in [0.4, 0.5) is 0 Å². The Hall–Kier alpha value is -4.32. The highest BCUT2D eigenvalue weighted by atomic mass is 16.6. The largest absolute Gasteiger partial charge is 0.482 e. The van der Waals surface area contributed by atoms with Gasteiger partial charge in [-0.2, -0.15) is 0 Å². The maximum absolute atomic E-state index is 12.1. The number of aliphatic hydroxyl groups excluding tert-OH is 4. The van der Waals surface area contributed by atoms with Crippen molar-refractivity contribution in [1.82, 2.24) is 0 Å². The molecular weight excluding hydrogens is 917 g/mol. The molecule has 2 fully saturated rings. The fourth-order valence-electron chi connectivity index (χ4n) is 11.4. The van der Waals surface area contributed by atoms with E-state index in [0.717, 1.165) is 127 Å². The quantitative estimate of drug-likeness (QED) is 0.0341. The molecule has 0 heterocycles. The van der Waals surface area contributed by atoms with Crippen molar-refractivity contribution >= 4 is 23.9 Å². The van der Waals surface area contributed by atoms with Crippen molar-refractivity contribution < 1.29 is 78.2 Å². The third kappa shape index (κ3) is 18.9. The first-order valence-corrected chi connectivity index (χ1v) is 26.4. The third-order valence-corrected chi connectivity index (χ3v) is 15.0. The summed E-state index contributed by atoms with van der Waals surface area (Å²) < 4.78 is 31.7. The maximum atomic E-state index is 12.1. The van der Waals surface area contributed by atoms with Crippen molar-refractivity contribution in [3.63, 3.8) is 0 Å². The summed E-state index contributed by atoms with van der Waals surface area (Å²) in [4.78, 5) is 44.9. The average molecular weight is 999 g/mol. The Bertz CT molecular complexity index is 1940. The Labute approximate surface area is 419 Å². The van der Waals surface area contributed by atoms with E-state index < -0.39 is 30.5 Å². The first kappa shape index (κ1) is 57.6. The summed E-state index contributed by atoms with van der Waals surface area (Å²) in [5.74, 6) is 0.252. The Morgan fingerprint density at radius 2 is 1.03 bits per heavy atom. The second-order valence-corrected chi connectivity index (χ2v) is 20.1. The fraction of sp³-hybridized carbons (Fsp3) is 0.709. The lowest BCUT2D eigenvalue weighted by atomic mass is 9.73. The Kier molecular flexibility index (Phi) is 24.9. The van der Waals surface area contributed by atoms with Crippen LogP contribution < -0.4 is 9.47 Å². The monoisotopic (exact) mass is 999 g/mol. The zero-order valence-corrected chi connectivity index (χ0v) is 42.1. The highest BCUT2D eigenvalue weighted by Crippen LogP contribution is 2.50. The number of aliphatic carboxylic acids is 2. The van der Waals surface area contributed by atoms with E-state index in [2.05, 4.69) is 26.0 Å². The van der Waals surface area contributed by atoms with Gasteiger partial charge in [-0.25, -0.2) is 14.4 Å². The van der Waals surface area contributed by atoms with Crippen LogP contribution in [0.5, 0.6) is 11.5 Å². The van der Waals surface area contributed by atoms with Crippen LogP contribution in [0.1, 0.15) is 132 Å². The smallest absolute Gasteiger partial charge is 0.344 e. The molecule has 0 saturated heterocycles. The number of ether oxygens (including phenoxy) is 6. The molecule has 0 unspecified atom stereocenters. The predicted molar refractivity (Wildman–Crippen MR) is 263 cm³/mol. The molecule has 10 atom stereocenters. The van der Waals surface area contributed by atoms with Crippen LogP contribution in [0, 0.1) is 35.5 Å². The lowest BCUT2D eigenvalue weighted by molar-refractivity contribution is -0.149. The molecule has 2 aromatic rings. The van der Waals surface area contributed by atoms with Crippen LogP contribution in [-0.2, 0) is 63.8 Å². The van der Waals surface area contributed by atoms with Gasteiger partial charge in [-0.3, -0.25) is 4.79 Å². The Morgan fingerprint density at radius 3 is 1.46 bits per heavy atom. The maximum Gasteiger partial charge on any atom is 0.344 e. The highest BCUT2D eigenvalue weighted by Gasteiger charge is 2.46. The van der Waals surface area contributed by atoms with Crippen molar-refractivity contribution in [3.05, 3.63) is 58.7 Å². The summed E-state index contributed by atoms with van der Waals surface area (Å²) in [6.07, 6.45) is 15.1. The van der Waals surface area contributed by atoms with Gasteiger partial charge in [0.2, 0.25) is 0 Å². The predicted octanol–water partition coefficient (Wildman–Crippen LogP) is 6.68. The topological polar surface area (TPSA) is 245 Å². The van der Waals surface area contributed by atoms with E-state index >= 15 is 0 Å². The first-order chi connectivity index (χ1) is 34.3. The van der Waals surface area contributed by atoms with Crippen molar-refractivity contribution in [1.29, 1.82) is 0 Å². The van der Waals surface area contributed by atoms with Gasteiger partial charge in [-0.05, 0) is 147 Å². The number of hydrogen-bond acceptors (Lipinski definition) is 14. The molecule has 0 spiro atoms. The third-order valence-electron chi connectivity index (χ3n) is 15.0. The molecule has 2 saturated carbocycles. The SMILES string of the molecule is CCCCC[C@H](O)CC[C@@H]1[C@H]2Cc3cccc(OCC(=O)OCCOCC(=O)O)c3C[C@H]2C[C@H]1O.CCCCC[C@H](O)CC[C@@H]1[C@H]2Cc3cccc(OCC(=O)OCCOCCC(=O)O)c3C[C@H]2C[C@H]1O. The normalized spacial score (nSPS) is 23.7. The average Bonchev–Trinajstić information content (AvgIpc) is 3.82. The van der Waals surface area contributed by atoms with Crippen LogP contribution >= 0.6 is 0 Å². The molecule has 6 rings (SSSR count). The standard InChI is InChI=1S/C28H42O8.C27H40O8/c1-2-3-4-7-21(29)9-10-22-23-15-19-6-5-8-26(24(19)16-20(23)17-25(22)30)36-18-28(33)35-14-13-34-12-11-27(31)32;1-2-3-4-7-20(28)9-10-21-22-13-18-6-5-8-25(23(18)14-19(22)15-24(21)29)35-17-27(32)34-12-11-33-16-26(30)31/h5-6,8,20-23,25,29-30H,2-4,7,9-18H2,1H3,(H,31,32);5-6,8,19-22,24,28-29H,2-4,7,9-17H2,1H3,(H,30,31)/t20-,21-,22+,23-,25+;19-,20-,21+,22-,24+/m00/s1. The van der Waals surface area contributed by atoms with Gasteiger partial charge in [0, 0.05) is 0 Å². The molecule has 16 heteroatoms. The number of carbonyl (C=O) groups excluding carboxylic acids is 2. The Balaban J connectivity index is 0.000000264. The number of carboxylic acid groups (broad SMARTS) is 2. The summed E-state index contributed by atoms with van der Waals surface area (Å²) in [7, 11) is 0. The molecule has 398 valence electrons. The van der Waals surface area contributed by atoms with Crippen LogP contribution in [-0.4, -0.2) is 132 Å². The van der Waals surface area contributed by atoms with E-state index in [0.29, 0.717) is 35.2 Å². The van der Waals surface area contributed by atoms with Crippen molar-refractivity contribution in [3.8, 4) is 11.5 Å². The molecule has 0 amide bonds. The van der Waals surface area contributed by atoms with E-state index in [1.807, 2.05) is 24.3 Å². The van der Waals surface area contributed by atoms with Gasteiger partial charge in [0.15, 0.2) is 13.2 Å². The lowest BCUT2D eigenvalue weighted by Gasteiger charge is -2.32. The molecule has 4 aliphatic rings. The summed E-state index contributed by atoms with van der Waals surface area (Å²) >= 11 is 0. The molecule has 0 radical (unpaired) electrons. The van der Waals surface area contributed by atoms with Gasteiger partial charge in [0.1, 0.15) is 31.3 Å². The van der Waals surface area contributed by atoms with E-state index in [9.17, 15) is 39.6 Å². The molecule has 6 N–H and O–H groups in total. The van der Waals surface area contributed by atoms with Gasteiger partial charge in [-0.1, -0.05) is 76.6 Å². The summed E-state index contributed by atoms with van der Waals surface area (Å²) in [5.41, 5.74) is 4.60. The van der Waals surface area contributed by atoms with E-state index in [1.54, 1.807) is 0 Å². The second kappa shape index (κ2) is 30.7. The summed E-state index contributed by atoms with van der Waals surface area (Å²) in [6, 6.07) is 11.8. The van der Waals surface area contributed by atoms with Crippen molar-refractivity contribution in [2.75, 3.05) is 52.9 Å². The zero-order chi connectivity index (χ0) is 51.1. The van der Waals surface area contributed by atoms with Gasteiger partial charge in [0.25, 0.3) is 0 Å². The molecule has 0 bridgehead atoms. The van der Waals surface area contributed by atoms with E-state index in [1.165, 1.54) is 11.1 Å². The number of hydrogen-bond donors (Lipinski definition) is 6. The number of benzene rings is 2. The number of carbonyl (C=O) groups is 4. The fourth-order valence-corrected chi connectivity index (χ4v) is 11.4. The molecule has 16 nitrogen and oxygen atoms in total. The number of unbranched alkanes of at least 4 members (excludes halogenated alkanes) is 4. The van der Waals surface area contributed by atoms with Crippen molar-refractivity contribution in [2.45, 2.75) is 160 Å². The number of fused-ring (bicyclic) bond motifs is 4. The van der Waals surface area contributed by atoms with E-state index in [4.69, 9.17) is 38.6 Å². The molecule has 71 heavy (non-hydrogen) atoms. The molecule has 0 aromatic heterocycles. The summed E-state index contributed by atoms with van der Waals surface area (Å²) in [6.45, 7) is 3.71. The number of esters is 2. The minimum atomic E-state index is -1.07. The van der Waals surface area contributed by atoms with Crippen LogP contribution in [0.3, 0.4) is 0 Å². The Morgan fingerprint density at radius 1 is 0.563 bits per heavy atom. The lowest BCUT2D eigenvalue weighted by Crippen LogP contribution is -2.28. The van der Waals surface area contributed by atoms with Gasteiger partial charge in [0.05, 0.1) is 50.7 Å². The van der Waals surface area contributed by atoms with Crippen LogP contribution in [0.15, 0.2) is 36.4 Å². The number of carboxylic acids is 2. The van der Waals surface area contributed by atoms with Gasteiger partial charge < -0.3 is 59.1 Å². The van der Waals surface area contributed by atoms with Crippen LogP contribution in [0.25, 0.3) is 0 Å². The number of aliphatic hydroxyl groups is 4. The molecule has 0 aliphatic heterocycles. The zero-order valence-electron chi connectivity index (χ0n) is 42.1. The van der Waals surface area contributed by atoms with Gasteiger partial charge in [-0.15, -0.1) is 0 Å².